The minimum Gasteiger partial charge on any atom is -0.492 e. The summed E-state index contributed by atoms with van der Waals surface area (Å²) in [6, 6.07) is 5.89. The Labute approximate surface area is 103 Å². The molecule has 0 aliphatic heterocycles. The summed E-state index contributed by atoms with van der Waals surface area (Å²) in [4.78, 5) is 0. The molecule has 0 saturated heterocycles. The molecular formula is C12H19NO3S. The fraction of sp³-hybridized carbons (Fsp3) is 0.500. The first-order valence-electron chi connectivity index (χ1n) is 5.47. The van der Waals surface area contributed by atoms with Crippen molar-refractivity contribution in [3.8, 4) is 5.75 Å². The minimum atomic E-state index is -2.97. The molecule has 1 aromatic carbocycles. The molecule has 1 aromatic rings. The lowest BCUT2D eigenvalue weighted by Crippen LogP contribution is -2.14. The van der Waals surface area contributed by atoms with E-state index in [1.54, 1.807) is 0 Å². The van der Waals surface area contributed by atoms with E-state index in [1.165, 1.54) is 6.26 Å². The molecule has 0 aliphatic carbocycles. The summed E-state index contributed by atoms with van der Waals surface area (Å²) in [5.41, 5.74) is 2.06. The van der Waals surface area contributed by atoms with Gasteiger partial charge in [0.15, 0.2) is 9.84 Å². The number of hydrogen-bond donors (Lipinski definition) is 1. The molecule has 0 aromatic heterocycles. The number of sulfone groups is 1. The molecular weight excluding hydrogens is 238 g/mol. The number of ether oxygens (including phenoxy) is 1. The topological polar surface area (TPSA) is 55.4 Å². The van der Waals surface area contributed by atoms with E-state index in [4.69, 9.17) is 4.74 Å². The Bertz CT molecular complexity index is 469. The minimum absolute atomic E-state index is 0.0420. The molecule has 96 valence electrons. The third-order valence-electron chi connectivity index (χ3n) is 2.36. The van der Waals surface area contributed by atoms with Crippen LogP contribution >= 0.6 is 0 Å². The van der Waals surface area contributed by atoms with Crippen molar-refractivity contribution in [1.82, 2.24) is 5.32 Å². The number of rotatable bonds is 6. The Morgan fingerprint density at radius 1 is 1.35 bits per heavy atom. The molecule has 0 saturated carbocycles. The van der Waals surface area contributed by atoms with Gasteiger partial charge in [0.25, 0.3) is 0 Å². The van der Waals surface area contributed by atoms with Gasteiger partial charge in [-0.15, -0.1) is 0 Å². The van der Waals surface area contributed by atoms with Crippen LogP contribution < -0.4 is 10.1 Å². The highest BCUT2D eigenvalue weighted by Crippen LogP contribution is 2.23. The van der Waals surface area contributed by atoms with Crippen molar-refractivity contribution in [3.63, 3.8) is 0 Å². The summed E-state index contributed by atoms with van der Waals surface area (Å²) >= 11 is 0. The molecule has 1 N–H and O–H groups in total. The van der Waals surface area contributed by atoms with Crippen molar-refractivity contribution in [2.45, 2.75) is 13.5 Å². The van der Waals surface area contributed by atoms with Crippen LogP contribution in [0.5, 0.6) is 5.75 Å². The largest absolute Gasteiger partial charge is 0.492 e. The smallest absolute Gasteiger partial charge is 0.150 e. The van der Waals surface area contributed by atoms with Crippen molar-refractivity contribution in [2.75, 3.05) is 25.7 Å². The fourth-order valence-electron chi connectivity index (χ4n) is 1.54. The van der Waals surface area contributed by atoms with Crippen molar-refractivity contribution in [1.29, 1.82) is 0 Å². The zero-order valence-electron chi connectivity index (χ0n) is 10.5. The molecule has 0 atom stereocenters. The average Bonchev–Trinajstić information content (AvgIpc) is 2.21. The first kappa shape index (κ1) is 14.0. The van der Waals surface area contributed by atoms with Gasteiger partial charge in [0, 0.05) is 18.4 Å². The molecule has 0 aliphatic rings. The van der Waals surface area contributed by atoms with Crippen molar-refractivity contribution < 1.29 is 13.2 Å². The summed E-state index contributed by atoms with van der Waals surface area (Å²) in [6.45, 7) is 2.85. The number of hydrogen-bond acceptors (Lipinski definition) is 4. The van der Waals surface area contributed by atoms with Crippen molar-refractivity contribution in [3.05, 3.63) is 29.3 Å². The SMILES string of the molecule is CNCc1cccc(C)c1OCCS(C)(=O)=O. The van der Waals surface area contributed by atoms with Gasteiger partial charge in [-0.05, 0) is 19.5 Å². The van der Waals surface area contributed by atoms with E-state index < -0.39 is 9.84 Å². The normalized spacial score (nSPS) is 11.5. The van der Waals surface area contributed by atoms with Gasteiger partial charge in [-0.2, -0.15) is 0 Å². The zero-order valence-corrected chi connectivity index (χ0v) is 11.3. The van der Waals surface area contributed by atoms with Gasteiger partial charge in [0.2, 0.25) is 0 Å². The van der Waals surface area contributed by atoms with Crippen LogP contribution in [0.25, 0.3) is 0 Å². The monoisotopic (exact) mass is 257 g/mol. The van der Waals surface area contributed by atoms with Crippen LogP contribution in [0.1, 0.15) is 11.1 Å². The van der Waals surface area contributed by atoms with Gasteiger partial charge in [-0.25, -0.2) is 8.42 Å². The number of benzene rings is 1. The van der Waals surface area contributed by atoms with Crippen LogP contribution in [0, 0.1) is 6.92 Å². The zero-order chi connectivity index (χ0) is 12.9. The molecule has 0 unspecified atom stereocenters. The van der Waals surface area contributed by atoms with Gasteiger partial charge >= 0.3 is 0 Å². The third kappa shape index (κ3) is 4.75. The molecule has 4 nitrogen and oxygen atoms in total. The molecule has 0 heterocycles. The molecule has 17 heavy (non-hydrogen) atoms. The maximum absolute atomic E-state index is 11.0. The van der Waals surface area contributed by atoms with Gasteiger partial charge in [-0.3, -0.25) is 0 Å². The van der Waals surface area contributed by atoms with E-state index in [0.29, 0.717) is 6.54 Å². The predicted molar refractivity (Wildman–Crippen MR) is 69.1 cm³/mol. The van der Waals surface area contributed by atoms with Crippen LogP contribution in [0.2, 0.25) is 0 Å². The Morgan fingerprint density at radius 2 is 2.06 bits per heavy atom. The highest BCUT2D eigenvalue weighted by molar-refractivity contribution is 7.90. The fourth-order valence-corrected chi connectivity index (χ4v) is 1.93. The highest BCUT2D eigenvalue weighted by Gasteiger charge is 2.08. The molecule has 5 heteroatoms. The second kappa shape index (κ2) is 6.02. The first-order chi connectivity index (χ1) is 7.94. The molecule has 1 rings (SSSR count). The van der Waals surface area contributed by atoms with Crippen LogP contribution in [0.4, 0.5) is 0 Å². The van der Waals surface area contributed by atoms with Gasteiger partial charge in [-0.1, -0.05) is 18.2 Å². The average molecular weight is 257 g/mol. The lowest BCUT2D eigenvalue weighted by molar-refractivity contribution is 0.334. The summed E-state index contributed by atoms with van der Waals surface area (Å²) < 4.78 is 27.6. The Hall–Kier alpha value is -1.07. The number of nitrogens with one attached hydrogen (secondary N) is 1. The Kier molecular flexibility index (Phi) is 4.96. The van der Waals surface area contributed by atoms with E-state index in [1.807, 2.05) is 32.2 Å². The first-order valence-corrected chi connectivity index (χ1v) is 7.53. The maximum atomic E-state index is 11.0. The number of para-hydroxylation sites is 1. The second-order valence-corrected chi connectivity index (χ2v) is 6.33. The van der Waals surface area contributed by atoms with E-state index in [2.05, 4.69) is 5.32 Å². The lowest BCUT2D eigenvalue weighted by atomic mass is 10.1. The third-order valence-corrected chi connectivity index (χ3v) is 3.27. The molecule has 0 bridgehead atoms. The van der Waals surface area contributed by atoms with E-state index in [0.717, 1.165) is 16.9 Å². The highest BCUT2D eigenvalue weighted by atomic mass is 32.2. The molecule has 0 spiro atoms. The van der Waals surface area contributed by atoms with Gasteiger partial charge in [0.05, 0.1) is 5.75 Å². The van der Waals surface area contributed by atoms with Crippen LogP contribution in [-0.4, -0.2) is 34.1 Å². The van der Waals surface area contributed by atoms with E-state index >= 15 is 0 Å². The summed E-state index contributed by atoms with van der Waals surface area (Å²) in [6.07, 6.45) is 1.21. The van der Waals surface area contributed by atoms with E-state index in [9.17, 15) is 8.42 Å². The van der Waals surface area contributed by atoms with E-state index in [-0.39, 0.29) is 12.4 Å². The van der Waals surface area contributed by atoms with Gasteiger partial charge < -0.3 is 10.1 Å². The van der Waals surface area contributed by atoms with Crippen LogP contribution in [0.15, 0.2) is 18.2 Å². The second-order valence-electron chi connectivity index (χ2n) is 4.07. The summed E-state index contributed by atoms with van der Waals surface area (Å²) in [7, 11) is -1.11. The summed E-state index contributed by atoms with van der Waals surface area (Å²) in [5, 5.41) is 3.06. The van der Waals surface area contributed by atoms with Crippen LogP contribution in [-0.2, 0) is 16.4 Å². The standard InChI is InChI=1S/C12H19NO3S/c1-10-5-4-6-11(9-13-2)12(10)16-7-8-17(3,14)15/h4-6,13H,7-9H2,1-3H3. The van der Waals surface area contributed by atoms with Crippen molar-refractivity contribution >= 4 is 9.84 Å². The Morgan fingerprint density at radius 3 is 2.65 bits per heavy atom. The van der Waals surface area contributed by atoms with Crippen molar-refractivity contribution in [2.24, 2.45) is 0 Å². The summed E-state index contributed by atoms with van der Waals surface area (Å²) in [5.74, 6) is 0.825. The lowest BCUT2D eigenvalue weighted by Gasteiger charge is -2.13. The predicted octanol–water partition coefficient (Wildman–Crippen LogP) is 1.14. The maximum Gasteiger partial charge on any atom is 0.150 e. The quantitative estimate of drug-likeness (QED) is 0.830. The number of aryl methyl sites for hydroxylation is 1. The van der Waals surface area contributed by atoms with Crippen LogP contribution in [0.3, 0.4) is 0 Å². The molecule has 0 fully saturated rings. The van der Waals surface area contributed by atoms with Gasteiger partial charge in [0.1, 0.15) is 12.4 Å². The molecule has 0 amide bonds. The molecule has 0 radical (unpaired) electrons. The Balaban J connectivity index is 2.75.